The van der Waals surface area contributed by atoms with E-state index in [1.807, 2.05) is 11.8 Å². The molecule has 3 heteroatoms. The Bertz CT molecular complexity index is 96.6. The number of hydrogen-bond acceptors (Lipinski definition) is 3. The first-order chi connectivity index (χ1) is 3.77. The van der Waals surface area contributed by atoms with Crippen LogP contribution in [0.4, 0.5) is 0 Å². The molecule has 1 atom stereocenters. The molecule has 1 aliphatic heterocycles. The van der Waals surface area contributed by atoms with Gasteiger partial charge in [0.1, 0.15) is 0 Å². The van der Waals surface area contributed by atoms with E-state index >= 15 is 0 Å². The van der Waals surface area contributed by atoms with Crippen molar-refractivity contribution in [3.63, 3.8) is 0 Å². The largest absolute Gasteiger partial charge is 0.298 e. The van der Waals surface area contributed by atoms with Crippen molar-refractivity contribution < 1.29 is 0 Å². The first-order valence-electron chi connectivity index (χ1n) is 2.62. The molecule has 0 bridgehead atoms. The molecule has 1 unspecified atom stereocenters. The van der Waals surface area contributed by atoms with E-state index in [-0.39, 0.29) is 4.87 Å². The molecule has 0 aromatic carbocycles. The van der Waals surface area contributed by atoms with Crippen LogP contribution in [0.3, 0.4) is 0 Å². The Hall–Kier alpha value is 0.400. The molecule has 1 aliphatic rings. The maximum atomic E-state index is 4.82. The second kappa shape index (κ2) is 2.33. The van der Waals surface area contributed by atoms with Gasteiger partial charge in [0.25, 0.3) is 0 Å². The zero-order chi connectivity index (χ0) is 6.04. The molecule has 1 heterocycles. The highest BCUT2D eigenvalue weighted by Gasteiger charge is 2.25. The van der Waals surface area contributed by atoms with Crippen molar-refractivity contribution in [3.05, 3.63) is 0 Å². The van der Waals surface area contributed by atoms with Crippen LogP contribution in [-0.2, 0) is 0 Å². The number of thioether (sulfide) groups is 1. The lowest BCUT2D eigenvalue weighted by Gasteiger charge is -2.15. The standard InChI is InChI=1S/C5H9NS2/c1-5(4-7)6-2-3-8-5/h4,6H,2-3H2,1H3. The van der Waals surface area contributed by atoms with Crippen LogP contribution >= 0.6 is 24.0 Å². The minimum Gasteiger partial charge on any atom is -0.298 e. The summed E-state index contributed by atoms with van der Waals surface area (Å²) in [4.78, 5) is 0.0926. The van der Waals surface area contributed by atoms with Crippen LogP contribution in [-0.4, -0.2) is 22.5 Å². The van der Waals surface area contributed by atoms with Gasteiger partial charge < -0.3 is 0 Å². The summed E-state index contributed by atoms with van der Waals surface area (Å²) in [5.74, 6) is 1.18. The minimum atomic E-state index is 0.0926. The highest BCUT2D eigenvalue weighted by molar-refractivity contribution is 8.02. The Morgan fingerprint density at radius 3 is 2.88 bits per heavy atom. The van der Waals surface area contributed by atoms with E-state index in [0.29, 0.717) is 0 Å². The molecule has 1 saturated heterocycles. The van der Waals surface area contributed by atoms with Crippen molar-refractivity contribution in [2.24, 2.45) is 0 Å². The zero-order valence-corrected chi connectivity index (χ0v) is 6.44. The topological polar surface area (TPSA) is 12.0 Å². The molecule has 0 amide bonds. The Morgan fingerprint density at radius 2 is 2.62 bits per heavy atom. The van der Waals surface area contributed by atoms with Crippen molar-refractivity contribution in [1.82, 2.24) is 5.32 Å². The van der Waals surface area contributed by atoms with Gasteiger partial charge in [-0.05, 0) is 6.92 Å². The lowest BCUT2D eigenvalue weighted by atomic mass is 10.4. The number of rotatable bonds is 1. The van der Waals surface area contributed by atoms with E-state index in [4.69, 9.17) is 12.2 Å². The zero-order valence-electron chi connectivity index (χ0n) is 4.81. The van der Waals surface area contributed by atoms with Gasteiger partial charge in [-0.15, -0.1) is 11.8 Å². The average molecular weight is 147 g/mol. The van der Waals surface area contributed by atoms with Gasteiger partial charge in [0, 0.05) is 17.7 Å². The smallest absolute Gasteiger partial charge is 0.0906 e. The van der Waals surface area contributed by atoms with E-state index in [1.165, 1.54) is 5.75 Å². The SMILES string of the molecule is CC1(C=S)NCCS1. The molecular formula is C5H9NS2. The van der Waals surface area contributed by atoms with Gasteiger partial charge in [0.2, 0.25) is 0 Å². The van der Waals surface area contributed by atoms with Crippen molar-refractivity contribution in [2.75, 3.05) is 12.3 Å². The minimum absolute atomic E-state index is 0.0926. The number of hydrogen-bond donors (Lipinski definition) is 1. The predicted molar refractivity (Wildman–Crippen MR) is 42.5 cm³/mol. The molecule has 0 saturated carbocycles. The Kier molecular flexibility index (Phi) is 1.90. The molecule has 46 valence electrons. The second-order valence-corrected chi connectivity index (χ2v) is 3.78. The molecule has 8 heavy (non-hydrogen) atoms. The summed E-state index contributed by atoms with van der Waals surface area (Å²) in [6, 6.07) is 0. The molecule has 1 N–H and O–H groups in total. The van der Waals surface area contributed by atoms with Gasteiger partial charge >= 0.3 is 0 Å². The van der Waals surface area contributed by atoms with E-state index in [9.17, 15) is 0 Å². The first kappa shape index (κ1) is 6.52. The molecule has 0 aromatic heterocycles. The normalized spacial score (nSPS) is 37.6. The van der Waals surface area contributed by atoms with E-state index in [0.717, 1.165) is 6.54 Å². The van der Waals surface area contributed by atoms with Gasteiger partial charge in [0.05, 0.1) is 4.87 Å². The van der Waals surface area contributed by atoms with Gasteiger partial charge in [0.15, 0.2) is 0 Å². The average Bonchev–Trinajstić information content (AvgIpc) is 2.17. The van der Waals surface area contributed by atoms with Crippen LogP contribution in [0, 0.1) is 0 Å². The molecule has 0 aliphatic carbocycles. The molecule has 1 fully saturated rings. The molecular weight excluding hydrogens is 138 g/mol. The fourth-order valence-electron chi connectivity index (χ4n) is 0.689. The van der Waals surface area contributed by atoms with Gasteiger partial charge in [-0.2, -0.15) is 0 Å². The maximum Gasteiger partial charge on any atom is 0.0906 e. The highest BCUT2D eigenvalue weighted by atomic mass is 32.2. The molecule has 1 nitrogen and oxygen atoms in total. The third kappa shape index (κ3) is 1.21. The first-order valence-corrected chi connectivity index (χ1v) is 4.08. The van der Waals surface area contributed by atoms with Gasteiger partial charge in [-0.25, -0.2) is 0 Å². The predicted octanol–water partition coefficient (Wildman–Crippen LogP) is 1.04. The van der Waals surface area contributed by atoms with Gasteiger partial charge in [-0.1, -0.05) is 12.2 Å². The summed E-state index contributed by atoms with van der Waals surface area (Å²) < 4.78 is 0. The van der Waals surface area contributed by atoms with Crippen LogP contribution in [0.15, 0.2) is 0 Å². The lowest BCUT2D eigenvalue weighted by molar-refractivity contribution is 0.694. The highest BCUT2D eigenvalue weighted by Crippen LogP contribution is 2.24. The van der Waals surface area contributed by atoms with Crippen LogP contribution in [0.25, 0.3) is 0 Å². The summed E-state index contributed by atoms with van der Waals surface area (Å²) in [5, 5.41) is 5.08. The number of thiocarbonyl (C=S) groups is 1. The lowest BCUT2D eigenvalue weighted by Crippen LogP contribution is -2.34. The van der Waals surface area contributed by atoms with E-state index in [1.54, 1.807) is 5.37 Å². The molecule has 0 radical (unpaired) electrons. The summed E-state index contributed by atoms with van der Waals surface area (Å²) in [6.07, 6.45) is 0. The van der Waals surface area contributed by atoms with Crippen molar-refractivity contribution in [2.45, 2.75) is 11.8 Å². The van der Waals surface area contributed by atoms with Crippen LogP contribution in [0.1, 0.15) is 6.92 Å². The third-order valence-electron chi connectivity index (χ3n) is 1.20. The van der Waals surface area contributed by atoms with Crippen LogP contribution in [0.5, 0.6) is 0 Å². The summed E-state index contributed by atoms with van der Waals surface area (Å²) >= 11 is 6.69. The van der Waals surface area contributed by atoms with Gasteiger partial charge in [-0.3, -0.25) is 5.32 Å². The third-order valence-corrected chi connectivity index (χ3v) is 3.10. The van der Waals surface area contributed by atoms with Crippen LogP contribution in [0.2, 0.25) is 0 Å². The fraction of sp³-hybridized carbons (Fsp3) is 0.800. The Balaban J connectivity index is 2.52. The monoisotopic (exact) mass is 147 g/mol. The summed E-state index contributed by atoms with van der Waals surface area (Å²) in [7, 11) is 0. The Morgan fingerprint density at radius 1 is 1.88 bits per heavy atom. The van der Waals surface area contributed by atoms with Crippen molar-refractivity contribution >= 4 is 29.3 Å². The van der Waals surface area contributed by atoms with E-state index in [2.05, 4.69) is 12.2 Å². The summed E-state index contributed by atoms with van der Waals surface area (Å²) in [5.41, 5.74) is 0. The molecule has 0 aromatic rings. The fourth-order valence-corrected chi connectivity index (χ4v) is 1.88. The molecule has 1 rings (SSSR count). The van der Waals surface area contributed by atoms with E-state index < -0.39 is 0 Å². The van der Waals surface area contributed by atoms with Crippen molar-refractivity contribution in [1.29, 1.82) is 0 Å². The quantitative estimate of drug-likeness (QED) is 0.557. The second-order valence-electron chi connectivity index (χ2n) is 2.00. The Labute approximate surface area is 59.2 Å². The maximum absolute atomic E-state index is 4.82. The molecule has 0 spiro atoms. The van der Waals surface area contributed by atoms with Crippen molar-refractivity contribution in [3.8, 4) is 0 Å². The van der Waals surface area contributed by atoms with Crippen LogP contribution < -0.4 is 5.32 Å². The number of nitrogens with one attached hydrogen (secondary N) is 1. The summed E-state index contributed by atoms with van der Waals surface area (Å²) in [6.45, 7) is 3.20.